The second kappa shape index (κ2) is 6.06. The molecule has 0 radical (unpaired) electrons. The van der Waals surface area contributed by atoms with Crippen LogP contribution in [-0.4, -0.2) is 16.1 Å². The largest absolute Gasteiger partial charge is 0.481 e. The molecule has 0 saturated carbocycles. The maximum atomic E-state index is 11.5. The van der Waals surface area contributed by atoms with Gasteiger partial charge in [-0.2, -0.15) is 0 Å². The molecule has 0 amide bonds. The Balaban J connectivity index is 2.30. The summed E-state index contributed by atoms with van der Waals surface area (Å²) < 4.78 is 0. The number of carboxylic acids is 1. The summed E-state index contributed by atoms with van der Waals surface area (Å²) in [4.78, 5) is 15.5. The lowest BCUT2D eigenvalue weighted by Gasteiger charge is -2.13. The molecule has 0 fully saturated rings. The maximum Gasteiger partial charge on any atom is 0.311 e. The van der Waals surface area contributed by atoms with Crippen LogP contribution in [0.3, 0.4) is 0 Å². The van der Waals surface area contributed by atoms with Gasteiger partial charge in [0.25, 0.3) is 0 Å². The summed E-state index contributed by atoms with van der Waals surface area (Å²) in [6, 6.07) is 7.67. The Morgan fingerprint density at radius 2 is 2.00 bits per heavy atom. The number of benzene rings is 1. The Hall–Kier alpha value is -1.87. The second-order valence-corrected chi connectivity index (χ2v) is 5.39. The molecule has 1 aromatic carbocycles. The van der Waals surface area contributed by atoms with Crippen LogP contribution >= 0.6 is 11.6 Å². The molecule has 1 N–H and O–H groups in total. The smallest absolute Gasteiger partial charge is 0.311 e. The van der Waals surface area contributed by atoms with E-state index in [0.29, 0.717) is 17.0 Å². The molecule has 0 saturated heterocycles. The number of hydrogen-bond donors (Lipinski definition) is 1. The van der Waals surface area contributed by atoms with Crippen LogP contribution < -0.4 is 0 Å². The second-order valence-electron chi connectivity index (χ2n) is 4.95. The van der Waals surface area contributed by atoms with Gasteiger partial charge in [-0.1, -0.05) is 29.8 Å². The lowest BCUT2D eigenvalue weighted by atomic mass is 9.92. The van der Waals surface area contributed by atoms with E-state index in [-0.39, 0.29) is 0 Å². The number of aromatic nitrogens is 1. The van der Waals surface area contributed by atoms with Crippen LogP contribution in [0, 0.1) is 13.8 Å². The molecule has 0 spiro atoms. The first-order valence-corrected chi connectivity index (χ1v) is 6.74. The monoisotopic (exact) mass is 289 g/mol. The van der Waals surface area contributed by atoms with Gasteiger partial charge in [0.05, 0.1) is 10.9 Å². The van der Waals surface area contributed by atoms with Gasteiger partial charge in [0.15, 0.2) is 0 Å². The Morgan fingerprint density at radius 1 is 1.25 bits per heavy atom. The van der Waals surface area contributed by atoms with Gasteiger partial charge in [0, 0.05) is 12.4 Å². The van der Waals surface area contributed by atoms with Gasteiger partial charge >= 0.3 is 5.97 Å². The van der Waals surface area contributed by atoms with Gasteiger partial charge in [0.1, 0.15) is 0 Å². The van der Waals surface area contributed by atoms with Crippen molar-refractivity contribution in [3.63, 3.8) is 0 Å². The zero-order valence-corrected chi connectivity index (χ0v) is 12.2. The van der Waals surface area contributed by atoms with Gasteiger partial charge in [-0.3, -0.25) is 9.78 Å². The van der Waals surface area contributed by atoms with Crippen molar-refractivity contribution in [3.8, 4) is 0 Å². The molecule has 1 aromatic heterocycles. The highest BCUT2D eigenvalue weighted by Crippen LogP contribution is 2.24. The number of aryl methyl sites for hydroxylation is 2. The third-order valence-electron chi connectivity index (χ3n) is 3.44. The van der Waals surface area contributed by atoms with Gasteiger partial charge in [-0.05, 0) is 48.6 Å². The van der Waals surface area contributed by atoms with E-state index in [1.807, 2.05) is 32.0 Å². The molecule has 3 nitrogen and oxygen atoms in total. The van der Waals surface area contributed by atoms with Crippen LogP contribution in [0.25, 0.3) is 0 Å². The molecule has 0 aliphatic carbocycles. The highest BCUT2D eigenvalue weighted by atomic mass is 35.5. The minimum atomic E-state index is -0.868. The van der Waals surface area contributed by atoms with E-state index in [2.05, 4.69) is 4.98 Å². The molecule has 0 aliphatic rings. The van der Waals surface area contributed by atoms with E-state index in [9.17, 15) is 9.90 Å². The Kier molecular flexibility index (Phi) is 4.40. The van der Waals surface area contributed by atoms with E-state index < -0.39 is 11.9 Å². The molecule has 1 heterocycles. The highest BCUT2D eigenvalue weighted by Gasteiger charge is 2.21. The predicted octanol–water partition coefficient (Wildman–Crippen LogP) is 3.76. The fourth-order valence-corrected chi connectivity index (χ4v) is 2.32. The first-order valence-electron chi connectivity index (χ1n) is 6.36. The van der Waals surface area contributed by atoms with Crippen LogP contribution in [0.5, 0.6) is 0 Å². The van der Waals surface area contributed by atoms with Gasteiger partial charge in [-0.25, -0.2) is 0 Å². The van der Waals surface area contributed by atoms with Crippen LogP contribution in [0.1, 0.15) is 28.2 Å². The minimum absolute atomic E-state index is 0.429. The Labute approximate surface area is 123 Å². The standard InChI is InChI=1S/C16H16ClNO2/c1-10-3-4-12(5-11(10)2)6-15(16(19)20)13-7-14(17)9-18-8-13/h3-5,7-9,15H,6H2,1-2H3,(H,19,20). The van der Waals surface area contributed by atoms with Crippen molar-refractivity contribution in [3.05, 3.63) is 63.9 Å². The Bertz CT molecular complexity index is 640. The summed E-state index contributed by atoms with van der Waals surface area (Å²) in [6.45, 7) is 4.06. The van der Waals surface area contributed by atoms with Crippen molar-refractivity contribution in [1.29, 1.82) is 0 Å². The molecule has 20 heavy (non-hydrogen) atoms. The molecular weight excluding hydrogens is 274 g/mol. The average Bonchev–Trinajstić information content (AvgIpc) is 2.39. The van der Waals surface area contributed by atoms with Crippen LogP contribution in [-0.2, 0) is 11.2 Å². The number of hydrogen-bond acceptors (Lipinski definition) is 2. The SMILES string of the molecule is Cc1ccc(CC(C(=O)O)c2cncc(Cl)c2)cc1C. The van der Waals surface area contributed by atoms with Crippen molar-refractivity contribution >= 4 is 17.6 Å². The van der Waals surface area contributed by atoms with Gasteiger partial charge in [0.2, 0.25) is 0 Å². The Morgan fingerprint density at radius 3 is 2.60 bits per heavy atom. The molecule has 0 aliphatic heterocycles. The molecule has 0 bridgehead atoms. The molecule has 104 valence electrons. The fraction of sp³-hybridized carbons (Fsp3) is 0.250. The lowest BCUT2D eigenvalue weighted by molar-refractivity contribution is -0.138. The minimum Gasteiger partial charge on any atom is -0.481 e. The zero-order valence-electron chi connectivity index (χ0n) is 11.4. The van der Waals surface area contributed by atoms with Gasteiger partial charge in [-0.15, -0.1) is 0 Å². The quantitative estimate of drug-likeness (QED) is 0.932. The van der Waals surface area contributed by atoms with E-state index in [4.69, 9.17) is 11.6 Å². The average molecular weight is 290 g/mol. The highest BCUT2D eigenvalue weighted by molar-refractivity contribution is 6.30. The topological polar surface area (TPSA) is 50.2 Å². The van der Waals surface area contributed by atoms with E-state index in [0.717, 1.165) is 11.1 Å². The summed E-state index contributed by atoms with van der Waals surface area (Å²) in [5, 5.41) is 9.88. The number of nitrogens with zero attached hydrogens (tertiary/aromatic N) is 1. The third-order valence-corrected chi connectivity index (χ3v) is 3.64. The summed E-state index contributed by atoms with van der Waals surface area (Å²) in [5.41, 5.74) is 3.99. The number of carbonyl (C=O) groups is 1. The van der Waals surface area contributed by atoms with E-state index in [1.54, 1.807) is 12.3 Å². The molecule has 2 aromatic rings. The van der Waals surface area contributed by atoms with Crippen molar-refractivity contribution in [2.75, 3.05) is 0 Å². The summed E-state index contributed by atoms with van der Waals surface area (Å²) in [6.07, 6.45) is 3.49. The van der Waals surface area contributed by atoms with E-state index in [1.165, 1.54) is 11.8 Å². The molecule has 4 heteroatoms. The van der Waals surface area contributed by atoms with Crippen LogP contribution in [0.4, 0.5) is 0 Å². The van der Waals surface area contributed by atoms with Crippen LogP contribution in [0.2, 0.25) is 5.02 Å². The number of pyridine rings is 1. The number of aliphatic carboxylic acids is 1. The summed E-state index contributed by atoms with van der Waals surface area (Å²) in [5.74, 6) is -1.50. The first-order chi connectivity index (χ1) is 9.47. The first kappa shape index (κ1) is 14.5. The zero-order chi connectivity index (χ0) is 14.7. The van der Waals surface area contributed by atoms with Crippen molar-refractivity contribution in [1.82, 2.24) is 4.98 Å². The lowest BCUT2D eigenvalue weighted by Crippen LogP contribution is -2.15. The van der Waals surface area contributed by atoms with Crippen LogP contribution in [0.15, 0.2) is 36.7 Å². The number of rotatable bonds is 4. The molecular formula is C16H16ClNO2. The fourth-order valence-electron chi connectivity index (χ4n) is 2.13. The van der Waals surface area contributed by atoms with Crippen molar-refractivity contribution in [2.45, 2.75) is 26.2 Å². The number of carboxylic acid groups (broad SMARTS) is 1. The summed E-state index contributed by atoms with van der Waals surface area (Å²) in [7, 11) is 0. The number of halogens is 1. The third kappa shape index (κ3) is 3.36. The van der Waals surface area contributed by atoms with E-state index >= 15 is 0 Å². The van der Waals surface area contributed by atoms with Gasteiger partial charge < -0.3 is 5.11 Å². The molecule has 1 unspecified atom stereocenters. The van der Waals surface area contributed by atoms with Crippen molar-refractivity contribution in [2.24, 2.45) is 0 Å². The normalized spacial score (nSPS) is 12.2. The molecule has 1 atom stereocenters. The molecule has 2 rings (SSSR count). The maximum absolute atomic E-state index is 11.5. The summed E-state index contributed by atoms with van der Waals surface area (Å²) >= 11 is 5.89. The predicted molar refractivity (Wildman–Crippen MR) is 79.2 cm³/mol. The van der Waals surface area contributed by atoms with Crippen molar-refractivity contribution < 1.29 is 9.90 Å².